The maximum atomic E-state index is 12.6. The molecule has 5 nitrogen and oxygen atoms in total. The van der Waals surface area contributed by atoms with Gasteiger partial charge in [0.15, 0.2) is 8.32 Å². The lowest BCUT2D eigenvalue weighted by atomic mass is 10.1. The summed E-state index contributed by atoms with van der Waals surface area (Å²) in [5.41, 5.74) is 0.858. The Bertz CT molecular complexity index is 632. The first-order valence-electron chi connectivity index (χ1n) is 8.23. The van der Waals surface area contributed by atoms with E-state index in [1.807, 2.05) is 12.1 Å². The number of rotatable bonds is 6. The Labute approximate surface area is 148 Å². The Morgan fingerprint density at radius 2 is 1.62 bits per heavy atom. The van der Waals surface area contributed by atoms with Crippen molar-refractivity contribution >= 4 is 18.3 Å². The van der Waals surface area contributed by atoms with E-state index in [0.29, 0.717) is 6.61 Å². The first-order chi connectivity index (χ1) is 10.7. The molecule has 1 heterocycles. The van der Waals surface area contributed by atoms with Gasteiger partial charge in [-0.3, -0.25) is 4.98 Å². The van der Waals surface area contributed by atoms with Gasteiger partial charge in [0.25, 0.3) is 0 Å². The van der Waals surface area contributed by atoms with E-state index in [2.05, 4.69) is 43.6 Å². The Morgan fingerprint density at radius 1 is 1.12 bits per heavy atom. The van der Waals surface area contributed by atoms with Crippen LogP contribution in [0.1, 0.15) is 53.1 Å². The average molecular weight is 373 g/mol. The van der Waals surface area contributed by atoms with Crippen LogP contribution in [0.5, 0.6) is 0 Å². The molecule has 1 rings (SSSR count). The summed E-state index contributed by atoms with van der Waals surface area (Å²) in [7, 11) is -5.46. The van der Waals surface area contributed by atoms with Crippen LogP contribution in [-0.4, -0.2) is 33.1 Å². The summed E-state index contributed by atoms with van der Waals surface area (Å²) in [4.78, 5) is 4.01. The number of hydrogen-bond donors (Lipinski definition) is 1. The lowest BCUT2D eigenvalue weighted by Crippen LogP contribution is -2.46. The van der Waals surface area contributed by atoms with Crippen LogP contribution in [-0.2, 0) is 14.4 Å². The van der Waals surface area contributed by atoms with Gasteiger partial charge in [-0.15, -0.1) is 0 Å². The largest absolute Gasteiger partial charge is 0.415 e. The molecule has 0 aliphatic carbocycles. The molecule has 0 spiro atoms. The van der Waals surface area contributed by atoms with E-state index in [1.54, 1.807) is 33.2 Å². The van der Waals surface area contributed by atoms with Crippen molar-refractivity contribution in [2.24, 2.45) is 0 Å². The molecule has 0 aromatic carbocycles. The number of nitrogens with zero attached hydrogens (tertiary/aromatic N) is 1. The minimum absolute atomic E-state index is 0.0682. The van der Waals surface area contributed by atoms with Gasteiger partial charge in [0.2, 0.25) is 10.0 Å². The van der Waals surface area contributed by atoms with E-state index in [4.69, 9.17) is 4.43 Å². The number of nitrogens with one attached hydrogen (secondary N) is 1. The SMILES string of the molecule is CC(C)(C)[Si](C)(C)OC[C@@H](NS(=O)(=O)C(C)(C)C)c1ccncc1. The van der Waals surface area contributed by atoms with Gasteiger partial charge in [0.1, 0.15) is 0 Å². The van der Waals surface area contributed by atoms with Gasteiger partial charge in [-0.25, -0.2) is 13.1 Å². The van der Waals surface area contributed by atoms with Crippen molar-refractivity contribution in [2.45, 2.75) is 70.5 Å². The van der Waals surface area contributed by atoms with E-state index in [1.165, 1.54) is 0 Å². The van der Waals surface area contributed by atoms with Crippen LogP contribution in [0, 0.1) is 0 Å². The zero-order valence-electron chi connectivity index (χ0n) is 16.2. The molecule has 0 aliphatic heterocycles. The normalized spacial score (nSPS) is 15.3. The minimum atomic E-state index is -3.48. The van der Waals surface area contributed by atoms with Crippen LogP contribution in [0.2, 0.25) is 18.1 Å². The minimum Gasteiger partial charge on any atom is -0.415 e. The fourth-order valence-corrected chi connectivity index (χ4v) is 3.61. The molecule has 1 aromatic heterocycles. The average Bonchev–Trinajstić information content (AvgIpc) is 2.42. The van der Waals surface area contributed by atoms with Crippen LogP contribution in [0.4, 0.5) is 0 Å². The second-order valence-electron chi connectivity index (χ2n) is 8.64. The number of hydrogen-bond acceptors (Lipinski definition) is 4. The fourth-order valence-electron chi connectivity index (χ4n) is 1.67. The summed E-state index contributed by atoms with van der Waals surface area (Å²) in [6.45, 7) is 16.2. The maximum absolute atomic E-state index is 12.6. The summed E-state index contributed by atoms with van der Waals surface area (Å²) in [5.74, 6) is 0. The van der Waals surface area contributed by atoms with E-state index in [0.717, 1.165) is 5.56 Å². The van der Waals surface area contributed by atoms with Gasteiger partial charge in [0, 0.05) is 12.4 Å². The molecule has 0 amide bonds. The van der Waals surface area contributed by atoms with Gasteiger partial charge in [-0.05, 0) is 56.6 Å². The van der Waals surface area contributed by atoms with Gasteiger partial charge in [-0.1, -0.05) is 20.8 Å². The molecular weight excluding hydrogens is 340 g/mol. The van der Waals surface area contributed by atoms with Crippen molar-refractivity contribution in [3.8, 4) is 0 Å². The molecule has 0 saturated heterocycles. The molecule has 1 N–H and O–H groups in total. The third-order valence-electron chi connectivity index (χ3n) is 4.63. The summed E-state index contributed by atoms with van der Waals surface area (Å²) in [5, 5.41) is 0.0682. The van der Waals surface area contributed by atoms with Crippen molar-refractivity contribution in [1.82, 2.24) is 9.71 Å². The smallest absolute Gasteiger partial charge is 0.217 e. The molecule has 138 valence electrons. The summed E-state index contributed by atoms with van der Waals surface area (Å²) in [6.07, 6.45) is 3.33. The quantitative estimate of drug-likeness (QED) is 0.770. The monoisotopic (exact) mass is 372 g/mol. The standard InChI is InChI=1S/C17H32N2O3SSi/c1-16(2,3)23(20,21)19-15(14-9-11-18-12-10-14)13-22-24(7,8)17(4,5)6/h9-12,15,19H,13H2,1-8H3/t15-/m1/s1. The maximum Gasteiger partial charge on any atom is 0.217 e. The molecule has 0 saturated carbocycles. The number of aromatic nitrogens is 1. The van der Waals surface area contributed by atoms with Crippen molar-refractivity contribution in [3.63, 3.8) is 0 Å². The van der Waals surface area contributed by atoms with E-state index < -0.39 is 29.1 Å². The molecule has 0 aliphatic rings. The van der Waals surface area contributed by atoms with E-state index in [-0.39, 0.29) is 5.04 Å². The molecule has 7 heteroatoms. The fraction of sp³-hybridized carbons (Fsp3) is 0.706. The van der Waals surface area contributed by atoms with Crippen LogP contribution in [0.25, 0.3) is 0 Å². The van der Waals surface area contributed by atoms with E-state index >= 15 is 0 Å². The Morgan fingerprint density at radius 3 is 2.04 bits per heavy atom. The molecular formula is C17H32N2O3SSi. The second kappa shape index (κ2) is 7.23. The number of pyridine rings is 1. The Balaban J connectivity index is 3.05. The first-order valence-corrected chi connectivity index (χ1v) is 12.6. The highest BCUT2D eigenvalue weighted by atomic mass is 32.2. The highest BCUT2D eigenvalue weighted by Gasteiger charge is 2.38. The van der Waals surface area contributed by atoms with Gasteiger partial charge >= 0.3 is 0 Å². The van der Waals surface area contributed by atoms with E-state index in [9.17, 15) is 8.42 Å². The van der Waals surface area contributed by atoms with Gasteiger partial charge in [0.05, 0.1) is 17.4 Å². The lowest BCUT2D eigenvalue weighted by Gasteiger charge is -2.37. The first kappa shape index (κ1) is 21.3. The molecule has 0 fully saturated rings. The van der Waals surface area contributed by atoms with Crippen molar-refractivity contribution in [2.75, 3.05) is 6.61 Å². The van der Waals surface area contributed by atoms with Gasteiger partial charge < -0.3 is 4.43 Å². The Hall–Kier alpha value is -0.763. The molecule has 0 bridgehead atoms. The van der Waals surface area contributed by atoms with Crippen LogP contribution in [0.3, 0.4) is 0 Å². The van der Waals surface area contributed by atoms with Crippen molar-refractivity contribution < 1.29 is 12.8 Å². The second-order valence-corrected chi connectivity index (χ2v) is 15.9. The zero-order chi connectivity index (χ0) is 18.8. The highest BCUT2D eigenvalue weighted by Crippen LogP contribution is 2.37. The van der Waals surface area contributed by atoms with Crippen LogP contribution >= 0.6 is 0 Å². The third-order valence-corrected chi connectivity index (χ3v) is 11.3. The van der Waals surface area contributed by atoms with Crippen LogP contribution in [0.15, 0.2) is 24.5 Å². The summed E-state index contributed by atoms with van der Waals surface area (Å²) >= 11 is 0. The lowest BCUT2D eigenvalue weighted by molar-refractivity contribution is 0.256. The topological polar surface area (TPSA) is 68.3 Å². The Kier molecular flexibility index (Phi) is 6.41. The highest BCUT2D eigenvalue weighted by molar-refractivity contribution is 7.90. The molecule has 24 heavy (non-hydrogen) atoms. The molecule has 1 aromatic rings. The molecule has 0 radical (unpaired) electrons. The zero-order valence-corrected chi connectivity index (χ0v) is 18.0. The third kappa shape index (κ3) is 5.37. The number of sulfonamides is 1. The summed E-state index contributed by atoms with van der Waals surface area (Å²) in [6, 6.07) is 3.22. The van der Waals surface area contributed by atoms with Crippen LogP contribution < -0.4 is 4.72 Å². The predicted molar refractivity (Wildman–Crippen MR) is 102 cm³/mol. The van der Waals surface area contributed by atoms with Crippen molar-refractivity contribution in [3.05, 3.63) is 30.1 Å². The molecule has 0 unspecified atom stereocenters. The molecule has 1 atom stereocenters. The van der Waals surface area contributed by atoms with Crippen molar-refractivity contribution in [1.29, 1.82) is 0 Å². The van der Waals surface area contributed by atoms with Gasteiger partial charge in [-0.2, -0.15) is 0 Å². The summed E-state index contributed by atoms with van der Waals surface area (Å²) < 4.78 is 33.4. The predicted octanol–water partition coefficient (Wildman–Crippen LogP) is 3.86.